The number of nitrogen functional groups attached to an aromatic ring is 1. The minimum Gasteiger partial charge on any atom is -0.393 e. The van der Waals surface area contributed by atoms with Gasteiger partial charge < -0.3 is 16.4 Å². The molecule has 0 radical (unpaired) electrons. The highest BCUT2D eigenvalue weighted by Gasteiger charge is 2.16. The SMILES string of the molecule is Cc1ccc2c(Nc3ncnc(NC4CCCCC4)c3N)cccc2n1. The van der Waals surface area contributed by atoms with Gasteiger partial charge in [-0.15, -0.1) is 0 Å². The molecule has 1 aliphatic rings. The van der Waals surface area contributed by atoms with Crippen LogP contribution in [0.5, 0.6) is 0 Å². The van der Waals surface area contributed by atoms with Gasteiger partial charge in [-0.1, -0.05) is 25.3 Å². The van der Waals surface area contributed by atoms with Crippen molar-refractivity contribution in [3.05, 3.63) is 42.4 Å². The number of aromatic nitrogens is 3. The number of nitrogens with two attached hydrogens (primary N) is 1. The first kappa shape index (κ1) is 16.6. The maximum Gasteiger partial charge on any atom is 0.159 e. The number of aryl methyl sites for hydroxylation is 1. The van der Waals surface area contributed by atoms with Crippen LogP contribution in [0.2, 0.25) is 0 Å². The van der Waals surface area contributed by atoms with Gasteiger partial charge in [-0.3, -0.25) is 4.98 Å². The van der Waals surface area contributed by atoms with Crippen LogP contribution in [-0.4, -0.2) is 21.0 Å². The molecular weight excluding hydrogens is 324 g/mol. The normalized spacial score (nSPS) is 15.1. The zero-order valence-corrected chi connectivity index (χ0v) is 15.0. The second kappa shape index (κ2) is 7.15. The van der Waals surface area contributed by atoms with E-state index in [0.29, 0.717) is 23.4 Å². The first-order valence-electron chi connectivity index (χ1n) is 9.21. The van der Waals surface area contributed by atoms with Crippen molar-refractivity contribution in [1.29, 1.82) is 0 Å². The second-order valence-corrected chi connectivity index (χ2v) is 6.91. The van der Waals surface area contributed by atoms with E-state index in [9.17, 15) is 0 Å². The summed E-state index contributed by atoms with van der Waals surface area (Å²) < 4.78 is 0. The fourth-order valence-corrected chi connectivity index (χ4v) is 3.54. The Kier molecular flexibility index (Phi) is 4.56. The Hall–Kier alpha value is -2.89. The van der Waals surface area contributed by atoms with Crippen molar-refractivity contribution in [1.82, 2.24) is 15.0 Å². The van der Waals surface area contributed by atoms with E-state index in [1.165, 1.54) is 32.1 Å². The van der Waals surface area contributed by atoms with Crippen molar-refractivity contribution in [2.75, 3.05) is 16.4 Å². The first-order chi connectivity index (χ1) is 12.7. The van der Waals surface area contributed by atoms with Crippen LogP contribution in [0.3, 0.4) is 0 Å². The second-order valence-electron chi connectivity index (χ2n) is 6.91. The predicted octanol–water partition coefficient (Wildman–Crippen LogP) is 4.40. The molecule has 0 bridgehead atoms. The molecule has 1 aromatic carbocycles. The van der Waals surface area contributed by atoms with Crippen LogP contribution in [0, 0.1) is 6.92 Å². The molecule has 6 heteroatoms. The number of nitrogens with zero attached hydrogens (tertiary/aromatic N) is 3. The molecule has 1 aliphatic carbocycles. The largest absolute Gasteiger partial charge is 0.393 e. The smallest absolute Gasteiger partial charge is 0.159 e. The summed E-state index contributed by atoms with van der Waals surface area (Å²) in [5, 5.41) is 7.89. The van der Waals surface area contributed by atoms with E-state index in [-0.39, 0.29) is 0 Å². The lowest BCUT2D eigenvalue weighted by Gasteiger charge is -2.24. The van der Waals surface area contributed by atoms with E-state index in [4.69, 9.17) is 5.73 Å². The maximum absolute atomic E-state index is 6.35. The topological polar surface area (TPSA) is 88.8 Å². The fourth-order valence-electron chi connectivity index (χ4n) is 3.54. The van der Waals surface area contributed by atoms with E-state index in [0.717, 1.165) is 22.3 Å². The fraction of sp³-hybridized carbons (Fsp3) is 0.350. The Morgan fingerprint density at radius 3 is 2.65 bits per heavy atom. The Balaban J connectivity index is 1.61. The van der Waals surface area contributed by atoms with Crippen molar-refractivity contribution in [3.63, 3.8) is 0 Å². The lowest BCUT2D eigenvalue weighted by Crippen LogP contribution is -2.23. The van der Waals surface area contributed by atoms with Crippen molar-refractivity contribution in [3.8, 4) is 0 Å². The van der Waals surface area contributed by atoms with E-state index in [1.54, 1.807) is 6.33 Å². The third-order valence-electron chi connectivity index (χ3n) is 4.95. The molecule has 0 saturated heterocycles. The molecule has 3 aromatic rings. The third-order valence-corrected chi connectivity index (χ3v) is 4.95. The molecule has 0 aliphatic heterocycles. The van der Waals surface area contributed by atoms with E-state index >= 15 is 0 Å². The third kappa shape index (κ3) is 3.40. The molecule has 0 amide bonds. The van der Waals surface area contributed by atoms with Crippen LogP contribution >= 0.6 is 0 Å². The molecule has 0 spiro atoms. The Morgan fingerprint density at radius 1 is 1.00 bits per heavy atom. The molecule has 2 heterocycles. The molecule has 1 fully saturated rings. The number of pyridine rings is 1. The van der Waals surface area contributed by atoms with Gasteiger partial charge >= 0.3 is 0 Å². The molecule has 0 unspecified atom stereocenters. The van der Waals surface area contributed by atoms with Gasteiger partial charge in [-0.2, -0.15) is 0 Å². The van der Waals surface area contributed by atoms with Crippen LogP contribution in [-0.2, 0) is 0 Å². The number of fused-ring (bicyclic) bond motifs is 1. The van der Waals surface area contributed by atoms with Crippen LogP contribution in [0.4, 0.5) is 23.0 Å². The number of hydrogen-bond donors (Lipinski definition) is 3. The molecule has 4 N–H and O–H groups in total. The number of hydrogen-bond acceptors (Lipinski definition) is 6. The molecule has 0 atom stereocenters. The van der Waals surface area contributed by atoms with Gasteiger partial charge in [0.25, 0.3) is 0 Å². The highest BCUT2D eigenvalue weighted by molar-refractivity contribution is 5.94. The van der Waals surface area contributed by atoms with Gasteiger partial charge in [0.1, 0.15) is 12.0 Å². The lowest BCUT2D eigenvalue weighted by molar-refractivity contribution is 0.462. The summed E-state index contributed by atoms with van der Waals surface area (Å²) >= 11 is 0. The monoisotopic (exact) mass is 348 g/mol. The summed E-state index contributed by atoms with van der Waals surface area (Å²) in [4.78, 5) is 13.3. The van der Waals surface area contributed by atoms with Crippen LogP contribution in [0.15, 0.2) is 36.7 Å². The minimum atomic E-state index is 0.443. The highest BCUT2D eigenvalue weighted by atomic mass is 15.1. The Bertz CT molecular complexity index is 917. The van der Waals surface area contributed by atoms with Gasteiger partial charge in [-0.05, 0) is 44.0 Å². The quantitative estimate of drug-likeness (QED) is 0.647. The molecule has 26 heavy (non-hydrogen) atoms. The van der Waals surface area contributed by atoms with E-state index in [2.05, 4.69) is 31.7 Å². The minimum absolute atomic E-state index is 0.443. The highest BCUT2D eigenvalue weighted by Crippen LogP contribution is 2.31. The van der Waals surface area contributed by atoms with Gasteiger partial charge in [0.2, 0.25) is 0 Å². The number of rotatable bonds is 4. The van der Waals surface area contributed by atoms with Gasteiger partial charge in [0, 0.05) is 22.8 Å². The number of benzene rings is 1. The first-order valence-corrected chi connectivity index (χ1v) is 9.21. The van der Waals surface area contributed by atoms with Crippen molar-refractivity contribution in [2.45, 2.75) is 45.1 Å². The molecule has 4 rings (SSSR count). The standard InChI is InChI=1S/C20H24N6/c1-13-10-11-15-16(24-13)8-5-9-17(15)26-20-18(21)19(22-12-23-20)25-14-6-3-2-4-7-14/h5,8-12,14H,2-4,6-7,21H2,1H3,(H2,22,23,25,26). The van der Waals surface area contributed by atoms with E-state index in [1.807, 2.05) is 31.2 Å². The summed E-state index contributed by atoms with van der Waals surface area (Å²) in [7, 11) is 0. The number of nitrogens with one attached hydrogen (secondary N) is 2. The summed E-state index contributed by atoms with van der Waals surface area (Å²) in [5.41, 5.74) is 9.78. The van der Waals surface area contributed by atoms with Crippen molar-refractivity contribution < 1.29 is 0 Å². The zero-order chi connectivity index (χ0) is 17.9. The van der Waals surface area contributed by atoms with Crippen LogP contribution in [0.25, 0.3) is 10.9 Å². The van der Waals surface area contributed by atoms with E-state index < -0.39 is 0 Å². The molecule has 134 valence electrons. The van der Waals surface area contributed by atoms with Crippen molar-refractivity contribution in [2.24, 2.45) is 0 Å². The number of anilines is 4. The maximum atomic E-state index is 6.35. The average Bonchev–Trinajstić information content (AvgIpc) is 2.66. The van der Waals surface area contributed by atoms with Gasteiger partial charge in [-0.25, -0.2) is 9.97 Å². The molecule has 2 aromatic heterocycles. The summed E-state index contributed by atoms with van der Waals surface area (Å²) in [6, 6.07) is 10.5. The van der Waals surface area contributed by atoms with Crippen LogP contribution < -0.4 is 16.4 Å². The predicted molar refractivity (Wildman–Crippen MR) is 107 cm³/mol. The summed E-state index contributed by atoms with van der Waals surface area (Å²) in [5.74, 6) is 1.33. The molecular formula is C20H24N6. The average molecular weight is 348 g/mol. The van der Waals surface area contributed by atoms with Crippen LogP contribution in [0.1, 0.15) is 37.8 Å². The van der Waals surface area contributed by atoms with Gasteiger partial charge in [0.15, 0.2) is 11.6 Å². The molecule has 6 nitrogen and oxygen atoms in total. The summed E-state index contributed by atoms with van der Waals surface area (Å²) in [6.07, 6.45) is 7.73. The lowest BCUT2D eigenvalue weighted by atomic mass is 9.95. The zero-order valence-electron chi connectivity index (χ0n) is 15.0. The van der Waals surface area contributed by atoms with Crippen molar-refractivity contribution >= 4 is 33.9 Å². The summed E-state index contributed by atoms with van der Waals surface area (Å²) in [6.45, 7) is 1.99. The van der Waals surface area contributed by atoms with Gasteiger partial charge in [0.05, 0.1) is 5.52 Å². The molecule has 1 saturated carbocycles. The Morgan fingerprint density at radius 2 is 1.81 bits per heavy atom. The Labute approximate surface area is 153 Å².